The Morgan fingerprint density at radius 1 is 0.672 bits per heavy atom. The van der Waals surface area contributed by atoms with Gasteiger partial charge in [-0.2, -0.15) is 0 Å². The molecule has 0 radical (unpaired) electrons. The highest BCUT2D eigenvalue weighted by atomic mass is 16.7. The van der Waals surface area contributed by atoms with Crippen molar-refractivity contribution in [1.82, 2.24) is 10.2 Å². The number of hydrogen-bond donors (Lipinski definition) is 3. The zero-order valence-corrected chi connectivity index (χ0v) is 35.4. The zero-order chi connectivity index (χ0) is 41.0. The van der Waals surface area contributed by atoms with E-state index in [1.165, 1.54) is 70.6 Å². The fourth-order valence-corrected chi connectivity index (χ4v) is 8.17. The molecule has 314 valence electrons. The third-order valence-corrected chi connectivity index (χ3v) is 12.0. The maximum atomic E-state index is 12.7. The van der Waals surface area contributed by atoms with Crippen LogP contribution in [0, 0.1) is 0 Å². The highest BCUT2D eigenvalue weighted by molar-refractivity contribution is 5.75. The molecule has 1 amide bonds. The summed E-state index contributed by atoms with van der Waals surface area (Å²) in [4.78, 5) is 14.9. The Hall–Kier alpha value is -3.85. The molecule has 5 rings (SSSR count). The number of amides is 1. The molecule has 7 nitrogen and oxygen atoms in total. The minimum Gasteiger partial charge on any atom is -0.392 e. The number of carbonyl (C=O) groups is 1. The standard InChI is InChI=1S/C51H70N2O5/c1-4-5-6-7-8-9-10-11-12-13-14-15-22-27-47(55)52-36-40-28-34-45(35-29-40)51-57-46(37-53(3)39(2)49(56)43-25-20-17-21-26-43)48(42-23-18-16-19-24-42)50(58-51)44-32-30-41(38-54)31-33-44/h16-21,23-26,28-35,39,46,48-51,54,56H,4-15,22,27,36-38H2,1-3H3,(H,52,55). The van der Waals surface area contributed by atoms with Crippen LogP contribution < -0.4 is 5.32 Å². The van der Waals surface area contributed by atoms with Crippen molar-refractivity contribution in [3.8, 4) is 0 Å². The maximum Gasteiger partial charge on any atom is 0.220 e. The van der Waals surface area contributed by atoms with Crippen LogP contribution in [0.2, 0.25) is 0 Å². The van der Waals surface area contributed by atoms with Gasteiger partial charge in [0, 0.05) is 37.0 Å². The molecular formula is C51H70N2O5. The van der Waals surface area contributed by atoms with Gasteiger partial charge < -0.3 is 25.0 Å². The summed E-state index contributed by atoms with van der Waals surface area (Å²) >= 11 is 0. The Morgan fingerprint density at radius 3 is 1.79 bits per heavy atom. The van der Waals surface area contributed by atoms with Crippen molar-refractivity contribution in [1.29, 1.82) is 0 Å². The third-order valence-electron chi connectivity index (χ3n) is 12.0. The van der Waals surface area contributed by atoms with E-state index in [2.05, 4.69) is 29.3 Å². The minimum absolute atomic E-state index is 0.0268. The number of aliphatic hydroxyl groups excluding tert-OH is 2. The number of nitrogens with zero attached hydrogens (tertiary/aromatic N) is 1. The predicted molar refractivity (Wildman–Crippen MR) is 235 cm³/mol. The molecule has 1 saturated heterocycles. The Balaban J connectivity index is 1.18. The molecule has 4 aromatic rings. The van der Waals surface area contributed by atoms with Crippen molar-refractivity contribution in [3.05, 3.63) is 143 Å². The molecule has 0 saturated carbocycles. The number of aliphatic hydroxyl groups is 2. The van der Waals surface area contributed by atoms with Crippen LogP contribution in [-0.4, -0.2) is 46.8 Å². The zero-order valence-electron chi connectivity index (χ0n) is 35.4. The van der Waals surface area contributed by atoms with Crippen molar-refractivity contribution in [2.45, 2.75) is 153 Å². The Bertz CT molecular complexity index is 1700. The van der Waals surface area contributed by atoms with Crippen LogP contribution in [0.25, 0.3) is 0 Å². The van der Waals surface area contributed by atoms with Crippen molar-refractivity contribution >= 4 is 5.91 Å². The van der Waals surface area contributed by atoms with E-state index in [0.717, 1.165) is 46.2 Å². The lowest BCUT2D eigenvalue weighted by Gasteiger charge is -2.45. The number of carbonyl (C=O) groups excluding carboxylic acids is 1. The van der Waals surface area contributed by atoms with E-state index in [9.17, 15) is 15.0 Å². The molecule has 1 heterocycles. The Morgan fingerprint density at radius 2 is 1.21 bits per heavy atom. The molecular weight excluding hydrogens is 721 g/mol. The second kappa shape index (κ2) is 24.9. The molecule has 6 unspecified atom stereocenters. The first-order chi connectivity index (χ1) is 28.4. The molecule has 7 heteroatoms. The SMILES string of the molecule is CCCCCCCCCCCCCCCC(=O)NCc1ccc(C2OC(CN(C)C(C)C(O)c3ccccc3)C(c3ccccc3)C(c3ccc(CO)cc3)O2)cc1. The van der Waals surface area contributed by atoms with Crippen LogP contribution in [0.15, 0.2) is 109 Å². The normalized spacial score (nSPS) is 19.2. The van der Waals surface area contributed by atoms with Crippen molar-refractivity contribution in [3.63, 3.8) is 0 Å². The average Bonchev–Trinajstić information content (AvgIpc) is 3.27. The summed E-state index contributed by atoms with van der Waals surface area (Å²) in [5.41, 5.74) is 5.76. The second-order valence-electron chi connectivity index (χ2n) is 16.4. The quantitative estimate of drug-likeness (QED) is 0.0579. The summed E-state index contributed by atoms with van der Waals surface area (Å²) < 4.78 is 13.9. The summed E-state index contributed by atoms with van der Waals surface area (Å²) in [6.45, 7) is 5.33. The van der Waals surface area contributed by atoms with Crippen LogP contribution in [0.4, 0.5) is 0 Å². The molecule has 0 spiro atoms. The smallest absolute Gasteiger partial charge is 0.220 e. The Kier molecular flexibility index (Phi) is 19.4. The van der Waals surface area contributed by atoms with Gasteiger partial charge in [-0.1, -0.05) is 193 Å². The van der Waals surface area contributed by atoms with Gasteiger partial charge in [0.2, 0.25) is 5.91 Å². The molecule has 0 aromatic heterocycles. The maximum absolute atomic E-state index is 12.7. The van der Waals surface area contributed by atoms with Crippen molar-refractivity contribution in [2.24, 2.45) is 0 Å². The van der Waals surface area contributed by atoms with E-state index in [4.69, 9.17) is 9.47 Å². The van der Waals surface area contributed by atoms with Gasteiger partial charge in [-0.3, -0.25) is 9.69 Å². The molecule has 0 bridgehead atoms. The highest BCUT2D eigenvalue weighted by Crippen LogP contribution is 2.47. The van der Waals surface area contributed by atoms with Gasteiger partial charge in [-0.15, -0.1) is 0 Å². The summed E-state index contributed by atoms with van der Waals surface area (Å²) in [6, 6.07) is 36.1. The van der Waals surface area contributed by atoms with E-state index in [1.54, 1.807) is 0 Å². The van der Waals surface area contributed by atoms with E-state index in [0.29, 0.717) is 19.5 Å². The van der Waals surface area contributed by atoms with Crippen LogP contribution in [0.5, 0.6) is 0 Å². The first-order valence-corrected chi connectivity index (χ1v) is 22.2. The van der Waals surface area contributed by atoms with E-state index in [1.807, 2.05) is 111 Å². The first kappa shape index (κ1) is 45.2. The number of likely N-dealkylation sites (N-methyl/N-ethyl adjacent to an activating group) is 1. The van der Waals surface area contributed by atoms with Gasteiger partial charge in [-0.05, 0) is 48.2 Å². The molecule has 6 atom stereocenters. The second-order valence-corrected chi connectivity index (χ2v) is 16.4. The number of unbranched alkanes of at least 4 members (excludes halogenated alkanes) is 12. The van der Waals surface area contributed by atoms with Gasteiger partial charge in [-0.25, -0.2) is 0 Å². The number of ether oxygens (including phenoxy) is 2. The van der Waals surface area contributed by atoms with Gasteiger partial charge in [0.15, 0.2) is 6.29 Å². The molecule has 1 fully saturated rings. The van der Waals surface area contributed by atoms with Crippen LogP contribution in [0.3, 0.4) is 0 Å². The lowest BCUT2D eigenvalue weighted by Crippen LogP contribution is -2.46. The van der Waals surface area contributed by atoms with Crippen LogP contribution in [0.1, 0.15) is 162 Å². The average molecular weight is 791 g/mol. The monoisotopic (exact) mass is 791 g/mol. The van der Waals surface area contributed by atoms with Crippen LogP contribution >= 0.6 is 0 Å². The van der Waals surface area contributed by atoms with Gasteiger partial charge >= 0.3 is 0 Å². The van der Waals surface area contributed by atoms with E-state index in [-0.39, 0.29) is 36.7 Å². The molecule has 3 N–H and O–H groups in total. The molecule has 4 aromatic carbocycles. The van der Waals surface area contributed by atoms with Gasteiger partial charge in [0.05, 0.1) is 24.9 Å². The molecule has 1 aliphatic heterocycles. The first-order valence-electron chi connectivity index (χ1n) is 22.2. The highest BCUT2D eigenvalue weighted by Gasteiger charge is 2.43. The van der Waals surface area contributed by atoms with Gasteiger partial charge in [0.1, 0.15) is 0 Å². The lowest BCUT2D eigenvalue weighted by molar-refractivity contribution is -0.264. The fraction of sp³-hybridized carbons (Fsp3) is 0.510. The van der Waals surface area contributed by atoms with Crippen molar-refractivity contribution < 1.29 is 24.5 Å². The molecule has 1 aliphatic rings. The fourth-order valence-electron chi connectivity index (χ4n) is 8.17. The summed E-state index contributed by atoms with van der Waals surface area (Å²) in [5.74, 6) is -0.0444. The van der Waals surface area contributed by atoms with Gasteiger partial charge in [0.25, 0.3) is 0 Å². The summed E-state index contributed by atoms with van der Waals surface area (Å²) in [6.07, 6.45) is 15.4. The predicted octanol–water partition coefficient (Wildman–Crippen LogP) is 11.3. The topological polar surface area (TPSA) is 91.3 Å². The minimum atomic E-state index is -0.666. The van der Waals surface area contributed by atoms with E-state index >= 15 is 0 Å². The number of hydrogen-bond acceptors (Lipinski definition) is 6. The van der Waals surface area contributed by atoms with Crippen molar-refractivity contribution in [2.75, 3.05) is 13.6 Å². The summed E-state index contributed by atoms with van der Waals surface area (Å²) in [7, 11) is 2.04. The number of nitrogens with one attached hydrogen (secondary N) is 1. The Labute approximate surface area is 349 Å². The summed E-state index contributed by atoms with van der Waals surface area (Å²) in [5, 5.41) is 24.3. The third kappa shape index (κ3) is 14.2. The number of rotatable bonds is 25. The molecule has 0 aliphatic carbocycles. The molecule has 58 heavy (non-hydrogen) atoms. The number of benzene rings is 4. The van der Waals surface area contributed by atoms with Crippen LogP contribution in [-0.2, 0) is 27.4 Å². The van der Waals surface area contributed by atoms with E-state index < -0.39 is 12.4 Å². The largest absolute Gasteiger partial charge is 0.392 e. The lowest BCUT2D eigenvalue weighted by atomic mass is 9.83.